The smallest absolute Gasteiger partial charge is 0.0725 e. The van der Waals surface area contributed by atoms with Gasteiger partial charge in [0.05, 0.1) is 16.8 Å². The molecule has 0 N–H and O–H groups in total. The Morgan fingerprint density at radius 2 is 0.754 bits per heavy atom. The van der Waals surface area contributed by atoms with E-state index < -0.39 is 5.41 Å². The van der Waals surface area contributed by atoms with Crippen molar-refractivity contribution in [2.75, 3.05) is 4.90 Å². The molecule has 0 unspecified atom stereocenters. The van der Waals surface area contributed by atoms with Crippen molar-refractivity contribution in [1.82, 2.24) is 0 Å². The maximum absolute atomic E-state index is 2.52. The van der Waals surface area contributed by atoms with Gasteiger partial charge in [0.2, 0.25) is 0 Å². The first kappa shape index (κ1) is 39.6. The molecule has 14 rings (SSSR count). The van der Waals surface area contributed by atoms with E-state index >= 15 is 0 Å². The second-order valence-corrected chi connectivity index (χ2v) is 19.5. The molecule has 69 heavy (non-hydrogen) atoms. The molecule has 1 spiro atoms. The lowest BCUT2D eigenvalue weighted by atomic mass is 9.70. The minimum Gasteiger partial charge on any atom is -0.309 e. The second kappa shape index (κ2) is 15.0. The van der Waals surface area contributed by atoms with Gasteiger partial charge in [-0.2, -0.15) is 0 Å². The lowest BCUT2D eigenvalue weighted by Crippen LogP contribution is -2.25. The third-order valence-electron chi connectivity index (χ3n) is 15.7. The molecular weight excluding hydrogens is 831 g/mol. The number of hydrogen-bond acceptors (Lipinski definition) is 1. The molecular formula is C68H47N. The van der Waals surface area contributed by atoms with Crippen molar-refractivity contribution in [3.8, 4) is 66.8 Å². The summed E-state index contributed by atoms with van der Waals surface area (Å²) in [4.78, 5) is 2.52. The molecule has 0 aromatic heterocycles. The third-order valence-corrected chi connectivity index (χ3v) is 15.7. The molecule has 0 fully saturated rings. The Kier molecular flexibility index (Phi) is 8.61. The summed E-state index contributed by atoms with van der Waals surface area (Å²) in [5, 5.41) is 2.48. The number of benzene rings is 11. The summed E-state index contributed by atoms with van der Waals surface area (Å²) in [6.45, 7) is 4.74. The van der Waals surface area contributed by atoms with Crippen LogP contribution in [-0.4, -0.2) is 0 Å². The summed E-state index contributed by atoms with van der Waals surface area (Å²) in [7, 11) is 0. The monoisotopic (exact) mass is 877 g/mol. The van der Waals surface area contributed by atoms with E-state index in [1.165, 1.54) is 111 Å². The minimum atomic E-state index is -0.396. The van der Waals surface area contributed by atoms with E-state index in [1.54, 1.807) is 0 Å². The standard InChI is InChI=1S/C68H47N/c1-67(2)58-33-11-8-30-56(58)66-55(32-19-37-63(66)67)54-29-10-16-39-65(54)69(47-23-17-22-45(42-47)49-31-18-21-44-20-3-4-24-48(44)49)64-38-15-9-25-50(64)46-40-41-62-57(43-46)53-28-7-14-36-61(53)68(62)59-34-12-5-26-51(59)52-27-6-13-35-60(52)68/h3-43H,1-2H3. The Hall–Kier alpha value is -8.52. The van der Waals surface area contributed by atoms with Crippen molar-refractivity contribution in [1.29, 1.82) is 0 Å². The fourth-order valence-electron chi connectivity index (χ4n) is 12.8. The first-order valence-electron chi connectivity index (χ1n) is 24.3. The molecule has 0 amide bonds. The molecule has 11 aromatic carbocycles. The van der Waals surface area contributed by atoms with Gasteiger partial charge in [0, 0.05) is 22.2 Å². The molecule has 11 aromatic rings. The summed E-state index contributed by atoms with van der Waals surface area (Å²) in [5.41, 5.74) is 26.0. The molecule has 1 heteroatoms. The van der Waals surface area contributed by atoms with Crippen LogP contribution in [0.2, 0.25) is 0 Å². The summed E-state index contributed by atoms with van der Waals surface area (Å²) in [5.74, 6) is 0. The molecule has 0 saturated carbocycles. The van der Waals surface area contributed by atoms with E-state index in [2.05, 4.69) is 267 Å². The van der Waals surface area contributed by atoms with Crippen LogP contribution in [0.4, 0.5) is 17.1 Å². The Labute approximate surface area is 404 Å². The normalized spacial score (nSPS) is 13.9. The summed E-state index contributed by atoms with van der Waals surface area (Å²) >= 11 is 0. The second-order valence-electron chi connectivity index (χ2n) is 19.5. The van der Waals surface area contributed by atoms with Crippen LogP contribution in [0.15, 0.2) is 249 Å². The van der Waals surface area contributed by atoms with E-state index in [0.29, 0.717) is 0 Å². The highest BCUT2D eigenvalue weighted by Gasteiger charge is 2.51. The third kappa shape index (κ3) is 5.59. The minimum absolute atomic E-state index is 0.122. The number of rotatable bonds is 6. The zero-order valence-electron chi connectivity index (χ0n) is 38.6. The predicted molar refractivity (Wildman–Crippen MR) is 289 cm³/mol. The van der Waals surface area contributed by atoms with Crippen LogP contribution in [0.25, 0.3) is 77.5 Å². The van der Waals surface area contributed by atoms with Gasteiger partial charge in [-0.3, -0.25) is 0 Å². The van der Waals surface area contributed by atoms with E-state index in [9.17, 15) is 0 Å². The number of hydrogen-bond donors (Lipinski definition) is 0. The SMILES string of the molecule is CC1(C)c2ccccc2-c2c(-c3ccccc3N(c3cccc(-c4cccc5ccccc45)c3)c3ccccc3-c3ccc4c(c3)-c3ccccc3C43c4ccccc4-c4ccccc43)cccc21. The van der Waals surface area contributed by atoms with Crippen LogP contribution in [0.5, 0.6) is 0 Å². The highest BCUT2D eigenvalue weighted by molar-refractivity contribution is 6.03. The van der Waals surface area contributed by atoms with E-state index in [0.717, 1.165) is 17.1 Å². The number of fused-ring (bicyclic) bond motifs is 14. The average molecular weight is 878 g/mol. The van der Waals surface area contributed by atoms with Crippen LogP contribution < -0.4 is 4.90 Å². The fraction of sp³-hybridized carbons (Fsp3) is 0.0588. The Morgan fingerprint density at radius 1 is 0.290 bits per heavy atom. The molecule has 3 aliphatic carbocycles. The topological polar surface area (TPSA) is 3.24 Å². The van der Waals surface area contributed by atoms with Crippen molar-refractivity contribution in [3.05, 3.63) is 282 Å². The maximum atomic E-state index is 2.52. The van der Waals surface area contributed by atoms with Crippen molar-refractivity contribution < 1.29 is 0 Å². The maximum Gasteiger partial charge on any atom is 0.0725 e. The molecule has 1 nitrogen and oxygen atoms in total. The molecule has 0 heterocycles. The number of para-hydroxylation sites is 2. The summed E-state index contributed by atoms with van der Waals surface area (Å²) in [6, 6.07) is 93.1. The van der Waals surface area contributed by atoms with E-state index in [-0.39, 0.29) is 5.41 Å². The van der Waals surface area contributed by atoms with Gasteiger partial charge in [-0.1, -0.05) is 232 Å². The van der Waals surface area contributed by atoms with Crippen molar-refractivity contribution >= 4 is 27.8 Å². The Morgan fingerprint density at radius 3 is 1.48 bits per heavy atom. The van der Waals surface area contributed by atoms with E-state index in [4.69, 9.17) is 0 Å². The first-order valence-corrected chi connectivity index (χ1v) is 24.3. The van der Waals surface area contributed by atoms with Gasteiger partial charge in [-0.15, -0.1) is 0 Å². The molecule has 0 aliphatic heterocycles. The van der Waals surface area contributed by atoms with Gasteiger partial charge >= 0.3 is 0 Å². The van der Waals surface area contributed by atoms with Gasteiger partial charge in [-0.25, -0.2) is 0 Å². The van der Waals surface area contributed by atoms with Crippen LogP contribution in [0.1, 0.15) is 47.2 Å². The largest absolute Gasteiger partial charge is 0.309 e. The predicted octanol–water partition coefficient (Wildman–Crippen LogP) is 18.0. The van der Waals surface area contributed by atoms with Gasteiger partial charge in [-0.05, 0) is 130 Å². The highest BCUT2D eigenvalue weighted by atomic mass is 15.1. The summed E-state index contributed by atoms with van der Waals surface area (Å²) < 4.78 is 0. The van der Waals surface area contributed by atoms with Crippen LogP contribution >= 0.6 is 0 Å². The van der Waals surface area contributed by atoms with Crippen molar-refractivity contribution in [2.45, 2.75) is 24.7 Å². The zero-order chi connectivity index (χ0) is 45.8. The lowest BCUT2D eigenvalue weighted by Gasteiger charge is -2.31. The Bertz CT molecular complexity index is 3850. The Balaban J connectivity index is 1.00. The molecule has 0 radical (unpaired) electrons. The van der Waals surface area contributed by atoms with Gasteiger partial charge < -0.3 is 4.90 Å². The molecule has 0 bridgehead atoms. The quantitative estimate of drug-likeness (QED) is 0.161. The van der Waals surface area contributed by atoms with Gasteiger partial charge in [0.1, 0.15) is 0 Å². The van der Waals surface area contributed by atoms with Gasteiger partial charge in [0.15, 0.2) is 0 Å². The highest BCUT2D eigenvalue weighted by Crippen LogP contribution is 2.63. The zero-order valence-corrected chi connectivity index (χ0v) is 38.6. The summed E-state index contributed by atoms with van der Waals surface area (Å²) in [6.07, 6.45) is 0. The van der Waals surface area contributed by atoms with Crippen LogP contribution in [-0.2, 0) is 10.8 Å². The number of anilines is 3. The number of nitrogens with zero attached hydrogens (tertiary/aromatic N) is 1. The van der Waals surface area contributed by atoms with E-state index in [1.807, 2.05) is 0 Å². The lowest BCUT2D eigenvalue weighted by molar-refractivity contribution is 0.660. The van der Waals surface area contributed by atoms with Crippen molar-refractivity contribution in [2.24, 2.45) is 0 Å². The molecule has 0 atom stereocenters. The first-order chi connectivity index (χ1) is 34.0. The van der Waals surface area contributed by atoms with Crippen molar-refractivity contribution in [3.63, 3.8) is 0 Å². The molecule has 0 saturated heterocycles. The van der Waals surface area contributed by atoms with Crippen LogP contribution in [0.3, 0.4) is 0 Å². The molecule has 3 aliphatic rings. The fourth-order valence-corrected chi connectivity index (χ4v) is 12.8. The molecule has 324 valence electrons. The van der Waals surface area contributed by atoms with Gasteiger partial charge in [0.25, 0.3) is 0 Å². The van der Waals surface area contributed by atoms with Crippen LogP contribution in [0, 0.1) is 0 Å². The average Bonchev–Trinajstić information content (AvgIpc) is 3.97.